The van der Waals surface area contributed by atoms with Gasteiger partial charge in [-0.15, -0.1) is 0 Å². The maximum atomic E-state index is 11.8. The van der Waals surface area contributed by atoms with E-state index >= 15 is 0 Å². The Labute approximate surface area is 100 Å². The van der Waals surface area contributed by atoms with Crippen LogP contribution >= 0.6 is 0 Å². The Kier molecular flexibility index (Phi) is 2.87. The van der Waals surface area contributed by atoms with Gasteiger partial charge in [-0.1, -0.05) is 0 Å². The van der Waals surface area contributed by atoms with Gasteiger partial charge in [0.1, 0.15) is 5.75 Å². The van der Waals surface area contributed by atoms with Crippen LogP contribution in [-0.4, -0.2) is 23.8 Å². The number of aromatic nitrogens is 1. The summed E-state index contributed by atoms with van der Waals surface area (Å²) in [6.07, 6.45) is 0. The van der Waals surface area contributed by atoms with Crippen LogP contribution in [0.15, 0.2) is 24.3 Å². The smallest absolute Gasteiger partial charge is 0.158 e. The van der Waals surface area contributed by atoms with Crippen molar-refractivity contribution in [3.63, 3.8) is 0 Å². The molecule has 17 heavy (non-hydrogen) atoms. The number of H-pyrrole nitrogens is 1. The molecule has 0 unspecified atom stereocenters. The minimum atomic E-state index is -3.10. The van der Waals surface area contributed by atoms with Crippen molar-refractivity contribution in [1.82, 2.24) is 4.98 Å². The molecular weight excluding hydrogens is 238 g/mol. The van der Waals surface area contributed by atoms with E-state index in [1.165, 1.54) is 0 Å². The lowest BCUT2D eigenvalue weighted by Gasteiger charge is -2.05. The van der Waals surface area contributed by atoms with Crippen molar-refractivity contribution in [3.05, 3.63) is 30.0 Å². The van der Waals surface area contributed by atoms with Crippen molar-refractivity contribution in [2.45, 2.75) is 24.9 Å². The fraction of sp³-hybridized carbons (Fsp3) is 0.333. The molecule has 2 aromatic rings. The van der Waals surface area contributed by atoms with Crippen molar-refractivity contribution in [3.8, 4) is 5.75 Å². The fourth-order valence-electron chi connectivity index (χ4n) is 1.64. The SMILES string of the molecule is CC(C)S(=O)(=O)Cc1cc2ccc(O)cc2[nH]1. The van der Waals surface area contributed by atoms with Crippen LogP contribution in [0.1, 0.15) is 19.5 Å². The Morgan fingerprint density at radius 2 is 2.00 bits per heavy atom. The van der Waals surface area contributed by atoms with E-state index in [0.717, 1.165) is 10.9 Å². The second-order valence-corrected chi connectivity index (χ2v) is 6.98. The van der Waals surface area contributed by atoms with Gasteiger partial charge < -0.3 is 10.1 Å². The van der Waals surface area contributed by atoms with E-state index in [-0.39, 0.29) is 16.8 Å². The van der Waals surface area contributed by atoms with Crippen molar-refractivity contribution < 1.29 is 13.5 Å². The number of sulfone groups is 1. The molecule has 1 aromatic heterocycles. The molecule has 1 aromatic carbocycles. The van der Waals surface area contributed by atoms with Crippen LogP contribution in [0.2, 0.25) is 0 Å². The second kappa shape index (κ2) is 4.07. The minimum Gasteiger partial charge on any atom is -0.508 e. The zero-order valence-electron chi connectivity index (χ0n) is 9.77. The standard InChI is InChI=1S/C12H15NO3S/c1-8(2)17(15,16)7-10-5-9-3-4-11(14)6-12(9)13-10/h3-6,8,13-14H,7H2,1-2H3. The van der Waals surface area contributed by atoms with Crippen LogP contribution < -0.4 is 0 Å². The van der Waals surface area contributed by atoms with Crippen molar-refractivity contribution in [2.75, 3.05) is 0 Å². The number of hydrogen-bond acceptors (Lipinski definition) is 3. The third kappa shape index (κ3) is 2.44. The summed E-state index contributed by atoms with van der Waals surface area (Å²) in [4.78, 5) is 3.01. The van der Waals surface area contributed by atoms with Crippen molar-refractivity contribution >= 4 is 20.7 Å². The number of phenolic OH excluding ortho intramolecular Hbond substituents is 1. The molecular formula is C12H15NO3S. The molecule has 0 aliphatic carbocycles. The first-order valence-corrected chi connectivity index (χ1v) is 7.12. The van der Waals surface area contributed by atoms with Gasteiger partial charge in [0.2, 0.25) is 0 Å². The average Bonchev–Trinajstić information content (AvgIpc) is 2.57. The zero-order chi connectivity index (χ0) is 12.6. The van der Waals surface area contributed by atoms with Gasteiger partial charge in [-0.3, -0.25) is 0 Å². The summed E-state index contributed by atoms with van der Waals surface area (Å²) >= 11 is 0. The molecule has 0 amide bonds. The van der Waals surface area contributed by atoms with E-state index in [4.69, 9.17) is 0 Å². The normalized spacial score (nSPS) is 12.4. The summed E-state index contributed by atoms with van der Waals surface area (Å²) in [5.41, 5.74) is 1.40. The van der Waals surface area contributed by atoms with Gasteiger partial charge in [-0.2, -0.15) is 0 Å². The number of phenols is 1. The monoisotopic (exact) mass is 253 g/mol. The zero-order valence-corrected chi connectivity index (χ0v) is 10.6. The lowest BCUT2D eigenvalue weighted by molar-refractivity contribution is 0.476. The Hall–Kier alpha value is -1.49. The number of fused-ring (bicyclic) bond motifs is 1. The first-order valence-electron chi connectivity index (χ1n) is 5.40. The summed E-state index contributed by atoms with van der Waals surface area (Å²) in [6, 6.07) is 6.72. The number of aromatic amines is 1. The highest BCUT2D eigenvalue weighted by Crippen LogP contribution is 2.22. The molecule has 0 saturated heterocycles. The molecule has 2 rings (SSSR count). The lowest BCUT2D eigenvalue weighted by atomic mass is 10.2. The average molecular weight is 253 g/mol. The van der Waals surface area contributed by atoms with E-state index in [0.29, 0.717) is 5.69 Å². The summed E-state index contributed by atoms with van der Waals surface area (Å²) in [5.74, 6) is 0.165. The summed E-state index contributed by atoms with van der Waals surface area (Å²) in [6.45, 7) is 3.34. The van der Waals surface area contributed by atoms with Gasteiger partial charge in [-0.05, 0) is 37.4 Å². The molecule has 0 atom stereocenters. The number of hydrogen-bond donors (Lipinski definition) is 2. The van der Waals surface area contributed by atoms with Crippen LogP contribution in [0.5, 0.6) is 5.75 Å². The van der Waals surface area contributed by atoms with Gasteiger partial charge in [0.15, 0.2) is 9.84 Å². The Morgan fingerprint density at radius 3 is 2.65 bits per heavy atom. The molecule has 5 heteroatoms. The van der Waals surface area contributed by atoms with Gasteiger partial charge in [0, 0.05) is 17.3 Å². The molecule has 0 aliphatic heterocycles. The first kappa shape index (κ1) is 12.0. The topological polar surface area (TPSA) is 70.2 Å². The minimum absolute atomic E-state index is 0.000108. The molecule has 1 heterocycles. The van der Waals surface area contributed by atoms with E-state index in [9.17, 15) is 13.5 Å². The predicted octanol–water partition coefficient (Wildman–Crippen LogP) is 2.20. The number of benzene rings is 1. The first-order chi connectivity index (χ1) is 7.88. The van der Waals surface area contributed by atoms with Crippen LogP contribution in [0.4, 0.5) is 0 Å². The van der Waals surface area contributed by atoms with Crippen molar-refractivity contribution in [1.29, 1.82) is 0 Å². The summed E-state index contributed by atoms with van der Waals surface area (Å²) in [7, 11) is -3.10. The Balaban J connectivity index is 2.38. The van der Waals surface area contributed by atoms with Crippen molar-refractivity contribution in [2.24, 2.45) is 0 Å². The maximum absolute atomic E-state index is 11.8. The molecule has 2 N–H and O–H groups in total. The molecule has 0 fully saturated rings. The second-order valence-electron chi connectivity index (χ2n) is 4.42. The van der Waals surface area contributed by atoms with Gasteiger partial charge in [0.25, 0.3) is 0 Å². The lowest BCUT2D eigenvalue weighted by Crippen LogP contribution is -2.16. The van der Waals surface area contributed by atoms with Gasteiger partial charge >= 0.3 is 0 Å². The Bertz CT molecular complexity index is 641. The van der Waals surface area contributed by atoms with Crippen LogP contribution in [0.3, 0.4) is 0 Å². The van der Waals surface area contributed by atoms with Gasteiger partial charge in [0.05, 0.1) is 11.0 Å². The molecule has 0 saturated carbocycles. The van der Waals surface area contributed by atoms with Gasteiger partial charge in [-0.25, -0.2) is 8.42 Å². The van der Waals surface area contributed by atoms with Crippen LogP contribution in [-0.2, 0) is 15.6 Å². The fourth-order valence-corrected chi connectivity index (χ4v) is 2.56. The molecule has 4 nitrogen and oxygen atoms in total. The number of nitrogens with one attached hydrogen (secondary N) is 1. The highest BCUT2D eigenvalue weighted by Gasteiger charge is 2.17. The predicted molar refractivity (Wildman–Crippen MR) is 67.7 cm³/mol. The van der Waals surface area contributed by atoms with Crippen LogP contribution in [0.25, 0.3) is 10.9 Å². The number of rotatable bonds is 3. The maximum Gasteiger partial charge on any atom is 0.158 e. The number of aromatic hydroxyl groups is 1. The summed E-state index contributed by atoms with van der Waals surface area (Å²) < 4.78 is 23.5. The largest absolute Gasteiger partial charge is 0.508 e. The quantitative estimate of drug-likeness (QED) is 0.881. The molecule has 0 radical (unpaired) electrons. The molecule has 92 valence electrons. The van der Waals surface area contributed by atoms with E-state index in [1.54, 1.807) is 38.1 Å². The van der Waals surface area contributed by atoms with E-state index in [2.05, 4.69) is 4.98 Å². The highest BCUT2D eigenvalue weighted by molar-refractivity contribution is 7.91. The third-order valence-electron chi connectivity index (χ3n) is 2.74. The highest BCUT2D eigenvalue weighted by atomic mass is 32.2. The van der Waals surface area contributed by atoms with Crippen LogP contribution in [0, 0.1) is 0 Å². The van der Waals surface area contributed by atoms with E-state index < -0.39 is 9.84 Å². The molecule has 0 aliphatic rings. The Morgan fingerprint density at radius 1 is 1.29 bits per heavy atom. The third-order valence-corrected chi connectivity index (χ3v) is 4.89. The molecule has 0 bridgehead atoms. The summed E-state index contributed by atoms with van der Waals surface area (Å²) in [5, 5.41) is 9.84. The molecule has 0 spiro atoms. The van der Waals surface area contributed by atoms with E-state index in [1.807, 2.05) is 0 Å².